The topological polar surface area (TPSA) is 90.1 Å². The maximum absolute atomic E-state index is 10.6. The van der Waals surface area contributed by atoms with Gasteiger partial charge >= 0.3 is 5.97 Å². The SMILES string of the molecule is O=C(O)Cn1nnnc1SCCOc1ccc(Br)cc1. The Morgan fingerprint density at radius 2 is 2.15 bits per heavy atom. The number of aliphatic carboxylic acids is 1. The molecule has 0 saturated carbocycles. The lowest BCUT2D eigenvalue weighted by atomic mass is 10.3. The number of tetrazole rings is 1. The van der Waals surface area contributed by atoms with E-state index in [1.165, 1.54) is 16.4 Å². The number of hydrogen-bond donors (Lipinski definition) is 1. The number of ether oxygens (including phenoxy) is 1. The van der Waals surface area contributed by atoms with Crippen molar-refractivity contribution in [3.8, 4) is 5.75 Å². The fourth-order valence-electron chi connectivity index (χ4n) is 1.35. The van der Waals surface area contributed by atoms with Crippen LogP contribution in [0.5, 0.6) is 5.75 Å². The number of benzene rings is 1. The highest BCUT2D eigenvalue weighted by Crippen LogP contribution is 2.17. The molecule has 1 heterocycles. The van der Waals surface area contributed by atoms with Gasteiger partial charge in [0.15, 0.2) is 0 Å². The molecule has 0 bridgehead atoms. The summed E-state index contributed by atoms with van der Waals surface area (Å²) in [5, 5.41) is 20.0. The van der Waals surface area contributed by atoms with Crippen LogP contribution in [0.1, 0.15) is 0 Å². The summed E-state index contributed by atoms with van der Waals surface area (Å²) >= 11 is 4.70. The average molecular weight is 359 g/mol. The van der Waals surface area contributed by atoms with Gasteiger partial charge in [-0.15, -0.1) is 5.10 Å². The molecule has 0 unspecified atom stereocenters. The Morgan fingerprint density at radius 1 is 1.40 bits per heavy atom. The Morgan fingerprint density at radius 3 is 2.85 bits per heavy atom. The van der Waals surface area contributed by atoms with Gasteiger partial charge in [0.2, 0.25) is 5.16 Å². The Labute approximate surface area is 127 Å². The van der Waals surface area contributed by atoms with Gasteiger partial charge in [0.05, 0.1) is 6.61 Å². The summed E-state index contributed by atoms with van der Waals surface area (Å²) in [6.45, 7) is 0.231. The summed E-state index contributed by atoms with van der Waals surface area (Å²) < 4.78 is 7.78. The van der Waals surface area contributed by atoms with Gasteiger partial charge in [-0.25, -0.2) is 4.68 Å². The van der Waals surface area contributed by atoms with E-state index in [-0.39, 0.29) is 6.54 Å². The van der Waals surface area contributed by atoms with Crippen LogP contribution >= 0.6 is 27.7 Å². The van der Waals surface area contributed by atoms with Crippen molar-refractivity contribution in [3.63, 3.8) is 0 Å². The summed E-state index contributed by atoms with van der Waals surface area (Å²) in [7, 11) is 0. The van der Waals surface area contributed by atoms with Crippen molar-refractivity contribution in [2.75, 3.05) is 12.4 Å². The average Bonchev–Trinajstić information content (AvgIpc) is 2.83. The molecular formula is C11H11BrN4O3S. The van der Waals surface area contributed by atoms with E-state index in [2.05, 4.69) is 31.5 Å². The van der Waals surface area contributed by atoms with Crippen molar-refractivity contribution in [2.45, 2.75) is 11.7 Å². The Kier molecular flexibility index (Phi) is 5.36. The second kappa shape index (κ2) is 7.25. The minimum absolute atomic E-state index is 0.247. The van der Waals surface area contributed by atoms with Crippen molar-refractivity contribution < 1.29 is 14.6 Å². The predicted octanol–water partition coefficient (Wildman–Crippen LogP) is 1.69. The van der Waals surface area contributed by atoms with E-state index in [0.717, 1.165) is 10.2 Å². The number of rotatable bonds is 7. The molecule has 2 aromatic rings. The van der Waals surface area contributed by atoms with Crippen LogP contribution in [0.2, 0.25) is 0 Å². The molecule has 0 fully saturated rings. The normalized spacial score (nSPS) is 10.4. The molecule has 106 valence electrons. The molecule has 0 atom stereocenters. The van der Waals surface area contributed by atoms with Crippen molar-refractivity contribution in [2.24, 2.45) is 0 Å². The fourth-order valence-corrected chi connectivity index (χ4v) is 2.31. The van der Waals surface area contributed by atoms with Gasteiger partial charge in [-0.2, -0.15) is 0 Å². The third-order valence-electron chi connectivity index (χ3n) is 2.18. The third-order valence-corrected chi connectivity index (χ3v) is 3.63. The van der Waals surface area contributed by atoms with Gasteiger partial charge < -0.3 is 9.84 Å². The van der Waals surface area contributed by atoms with Gasteiger partial charge in [-0.3, -0.25) is 4.79 Å². The molecule has 0 amide bonds. The number of halogens is 1. The van der Waals surface area contributed by atoms with Crippen LogP contribution in [0.4, 0.5) is 0 Å². The number of carboxylic acids is 1. The van der Waals surface area contributed by atoms with E-state index in [9.17, 15) is 4.79 Å². The van der Waals surface area contributed by atoms with Crippen LogP contribution in [0.3, 0.4) is 0 Å². The molecule has 0 saturated heterocycles. The smallest absolute Gasteiger partial charge is 0.325 e. The lowest BCUT2D eigenvalue weighted by Crippen LogP contribution is -2.12. The second-order valence-electron chi connectivity index (χ2n) is 3.66. The molecule has 1 N–H and O–H groups in total. The van der Waals surface area contributed by atoms with E-state index in [4.69, 9.17) is 9.84 Å². The lowest BCUT2D eigenvalue weighted by molar-refractivity contribution is -0.138. The van der Waals surface area contributed by atoms with Gasteiger partial charge in [-0.1, -0.05) is 27.7 Å². The van der Waals surface area contributed by atoms with E-state index in [1.807, 2.05) is 24.3 Å². The molecule has 7 nitrogen and oxygen atoms in total. The first kappa shape index (κ1) is 14.8. The fraction of sp³-hybridized carbons (Fsp3) is 0.273. The van der Waals surface area contributed by atoms with Crippen molar-refractivity contribution in [3.05, 3.63) is 28.7 Å². The zero-order valence-electron chi connectivity index (χ0n) is 10.3. The van der Waals surface area contributed by atoms with E-state index in [1.54, 1.807) is 0 Å². The van der Waals surface area contributed by atoms with Crippen LogP contribution in [0.25, 0.3) is 0 Å². The molecule has 1 aromatic heterocycles. The minimum Gasteiger partial charge on any atom is -0.493 e. The number of carbonyl (C=O) groups is 1. The molecule has 0 aliphatic heterocycles. The van der Waals surface area contributed by atoms with E-state index < -0.39 is 5.97 Å². The number of thioether (sulfide) groups is 1. The van der Waals surface area contributed by atoms with Gasteiger partial charge in [0, 0.05) is 10.2 Å². The molecule has 0 spiro atoms. The van der Waals surface area contributed by atoms with Crippen LogP contribution in [0, 0.1) is 0 Å². The summed E-state index contributed by atoms with van der Waals surface area (Å²) in [6, 6.07) is 7.53. The molecule has 2 rings (SSSR count). The number of carboxylic acid groups (broad SMARTS) is 1. The summed E-state index contributed by atoms with van der Waals surface area (Å²) in [5.74, 6) is 0.417. The first-order valence-electron chi connectivity index (χ1n) is 5.64. The zero-order valence-corrected chi connectivity index (χ0v) is 12.7. The summed E-state index contributed by atoms with van der Waals surface area (Å²) in [6.07, 6.45) is 0. The molecule has 0 aliphatic rings. The minimum atomic E-state index is -0.981. The van der Waals surface area contributed by atoms with Gasteiger partial charge in [0.1, 0.15) is 12.3 Å². The van der Waals surface area contributed by atoms with Crippen molar-refractivity contribution in [1.82, 2.24) is 20.2 Å². The first-order chi connectivity index (χ1) is 9.65. The third kappa shape index (κ3) is 4.49. The van der Waals surface area contributed by atoms with Crippen LogP contribution < -0.4 is 4.74 Å². The molecule has 1 aromatic carbocycles. The molecule has 0 radical (unpaired) electrons. The standard InChI is InChI=1S/C11H11BrN4O3S/c12-8-1-3-9(4-2-8)19-5-6-20-11-13-14-15-16(11)7-10(17)18/h1-4H,5-7H2,(H,17,18). The second-order valence-corrected chi connectivity index (χ2v) is 5.64. The Bertz CT molecular complexity index is 575. The summed E-state index contributed by atoms with van der Waals surface area (Å²) in [4.78, 5) is 10.6. The van der Waals surface area contributed by atoms with Crippen molar-refractivity contribution >= 4 is 33.7 Å². The van der Waals surface area contributed by atoms with Crippen LogP contribution in [0.15, 0.2) is 33.9 Å². The van der Waals surface area contributed by atoms with Crippen molar-refractivity contribution in [1.29, 1.82) is 0 Å². The predicted molar refractivity (Wildman–Crippen MR) is 75.8 cm³/mol. The number of hydrogen-bond acceptors (Lipinski definition) is 6. The van der Waals surface area contributed by atoms with E-state index in [0.29, 0.717) is 17.5 Å². The van der Waals surface area contributed by atoms with E-state index >= 15 is 0 Å². The lowest BCUT2D eigenvalue weighted by Gasteiger charge is -2.05. The largest absolute Gasteiger partial charge is 0.493 e. The number of aromatic nitrogens is 4. The Balaban J connectivity index is 1.77. The molecule has 9 heteroatoms. The maximum atomic E-state index is 10.6. The van der Waals surface area contributed by atoms with Crippen LogP contribution in [-0.2, 0) is 11.3 Å². The highest BCUT2D eigenvalue weighted by atomic mass is 79.9. The quantitative estimate of drug-likeness (QED) is 0.594. The zero-order chi connectivity index (χ0) is 14.4. The first-order valence-corrected chi connectivity index (χ1v) is 7.42. The monoisotopic (exact) mass is 358 g/mol. The molecule has 20 heavy (non-hydrogen) atoms. The van der Waals surface area contributed by atoms with Crippen LogP contribution in [-0.4, -0.2) is 43.6 Å². The van der Waals surface area contributed by atoms with Gasteiger partial charge in [-0.05, 0) is 34.7 Å². The summed E-state index contributed by atoms with van der Waals surface area (Å²) in [5.41, 5.74) is 0. The highest BCUT2D eigenvalue weighted by molar-refractivity contribution is 9.10. The molecular weight excluding hydrogens is 348 g/mol. The molecule has 0 aliphatic carbocycles. The van der Waals surface area contributed by atoms with Gasteiger partial charge in [0.25, 0.3) is 0 Å². The highest BCUT2D eigenvalue weighted by Gasteiger charge is 2.09. The maximum Gasteiger partial charge on any atom is 0.325 e. The Hall–Kier alpha value is -1.61. The number of nitrogens with zero attached hydrogens (tertiary/aromatic N) is 4.